The first kappa shape index (κ1) is 10.7. The van der Waals surface area contributed by atoms with Crippen LogP contribution in [-0.2, 0) is 11.3 Å². The molecule has 0 radical (unpaired) electrons. The van der Waals surface area contributed by atoms with Crippen molar-refractivity contribution in [1.82, 2.24) is 15.5 Å². The summed E-state index contributed by atoms with van der Waals surface area (Å²) in [6.45, 7) is 3.42. The minimum absolute atomic E-state index is 0.220. The average Bonchev–Trinajstić information content (AvgIpc) is 2.51. The zero-order chi connectivity index (χ0) is 10.4. The molecule has 0 saturated heterocycles. The van der Waals surface area contributed by atoms with Crippen molar-refractivity contribution in [2.24, 2.45) is 0 Å². The van der Waals surface area contributed by atoms with Crippen molar-refractivity contribution in [3.05, 3.63) is 17.5 Å². The van der Waals surface area contributed by atoms with Gasteiger partial charge in [0.1, 0.15) is 0 Å². The second-order valence-electron chi connectivity index (χ2n) is 3.19. The number of aromatic nitrogens is 2. The van der Waals surface area contributed by atoms with Gasteiger partial charge in [-0.15, -0.1) is 0 Å². The maximum Gasteiger partial charge on any atom is 0.303 e. The number of nitrogens with zero attached hydrogens (tertiary/aromatic N) is 1. The van der Waals surface area contributed by atoms with Gasteiger partial charge in [-0.3, -0.25) is 9.89 Å². The molecule has 0 aliphatic heterocycles. The van der Waals surface area contributed by atoms with Crippen molar-refractivity contribution in [2.45, 2.75) is 26.3 Å². The normalized spacial score (nSPS) is 10.4. The van der Waals surface area contributed by atoms with Gasteiger partial charge in [-0.25, -0.2) is 0 Å². The summed E-state index contributed by atoms with van der Waals surface area (Å²) >= 11 is 0. The summed E-state index contributed by atoms with van der Waals surface area (Å²) < 4.78 is 0. The van der Waals surface area contributed by atoms with E-state index in [1.807, 2.05) is 6.92 Å². The predicted octanol–water partition coefficient (Wildman–Crippen LogP) is 0.673. The molecule has 1 aromatic heterocycles. The second kappa shape index (κ2) is 5.39. The molecule has 0 bridgehead atoms. The van der Waals surface area contributed by atoms with E-state index in [1.165, 1.54) is 0 Å². The van der Waals surface area contributed by atoms with Gasteiger partial charge in [-0.05, 0) is 19.9 Å². The zero-order valence-electron chi connectivity index (χ0n) is 8.21. The first-order chi connectivity index (χ1) is 6.70. The summed E-state index contributed by atoms with van der Waals surface area (Å²) in [5.41, 5.74) is 2.18. The van der Waals surface area contributed by atoms with Crippen LogP contribution in [0, 0.1) is 6.92 Å². The summed E-state index contributed by atoms with van der Waals surface area (Å²) in [6, 6.07) is 0. The SMILES string of the molecule is Cc1[nH]ncc1CNCCCC(=O)O. The smallest absolute Gasteiger partial charge is 0.303 e. The molecule has 0 fully saturated rings. The monoisotopic (exact) mass is 197 g/mol. The van der Waals surface area contributed by atoms with E-state index in [-0.39, 0.29) is 6.42 Å². The van der Waals surface area contributed by atoms with Gasteiger partial charge in [0, 0.05) is 24.2 Å². The molecule has 0 saturated carbocycles. The van der Waals surface area contributed by atoms with Gasteiger partial charge in [0.25, 0.3) is 0 Å². The molecule has 0 amide bonds. The molecule has 3 N–H and O–H groups in total. The first-order valence-electron chi connectivity index (χ1n) is 4.61. The number of hydrogen-bond donors (Lipinski definition) is 3. The van der Waals surface area contributed by atoms with Gasteiger partial charge in [0.2, 0.25) is 0 Å². The maximum atomic E-state index is 10.2. The first-order valence-corrected chi connectivity index (χ1v) is 4.61. The van der Waals surface area contributed by atoms with E-state index in [9.17, 15) is 4.79 Å². The van der Waals surface area contributed by atoms with Gasteiger partial charge >= 0.3 is 5.97 Å². The minimum atomic E-state index is -0.744. The Kier molecular flexibility index (Phi) is 4.12. The van der Waals surface area contributed by atoms with E-state index in [4.69, 9.17) is 5.11 Å². The fourth-order valence-electron chi connectivity index (χ4n) is 1.14. The number of nitrogens with one attached hydrogen (secondary N) is 2. The van der Waals surface area contributed by atoms with Crippen LogP contribution in [0.4, 0.5) is 0 Å². The van der Waals surface area contributed by atoms with Crippen molar-refractivity contribution in [1.29, 1.82) is 0 Å². The molecule has 5 nitrogen and oxygen atoms in total. The standard InChI is InChI=1S/C9H15N3O2/c1-7-8(6-11-12-7)5-10-4-2-3-9(13)14/h6,10H,2-5H2,1H3,(H,11,12)(H,13,14). The van der Waals surface area contributed by atoms with Gasteiger partial charge in [-0.2, -0.15) is 5.10 Å². The van der Waals surface area contributed by atoms with E-state index in [0.29, 0.717) is 6.42 Å². The topological polar surface area (TPSA) is 78.0 Å². The number of aromatic amines is 1. The number of carbonyl (C=O) groups is 1. The lowest BCUT2D eigenvalue weighted by Gasteiger charge is -2.01. The second-order valence-corrected chi connectivity index (χ2v) is 3.19. The summed E-state index contributed by atoms with van der Waals surface area (Å²) in [5.74, 6) is -0.744. The quantitative estimate of drug-likeness (QED) is 0.586. The minimum Gasteiger partial charge on any atom is -0.481 e. The Morgan fingerprint density at radius 3 is 3.07 bits per heavy atom. The van der Waals surface area contributed by atoms with Crippen LogP contribution in [0.25, 0.3) is 0 Å². The number of aryl methyl sites for hydroxylation is 1. The summed E-state index contributed by atoms with van der Waals surface area (Å²) in [7, 11) is 0. The largest absolute Gasteiger partial charge is 0.481 e. The van der Waals surface area contributed by atoms with Crippen molar-refractivity contribution >= 4 is 5.97 Å². The highest BCUT2D eigenvalue weighted by Crippen LogP contribution is 2.01. The summed E-state index contributed by atoms with van der Waals surface area (Å²) in [6.07, 6.45) is 2.66. The molecule has 1 rings (SSSR count). The number of aliphatic carboxylic acids is 1. The Hall–Kier alpha value is -1.36. The van der Waals surface area contributed by atoms with Gasteiger partial charge in [-0.1, -0.05) is 0 Å². The van der Waals surface area contributed by atoms with Crippen LogP contribution in [0.5, 0.6) is 0 Å². The van der Waals surface area contributed by atoms with E-state index in [2.05, 4.69) is 15.5 Å². The third-order valence-electron chi connectivity index (χ3n) is 1.99. The molecular weight excluding hydrogens is 182 g/mol. The van der Waals surface area contributed by atoms with E-state index < -0.39 is 5.97 Å². The van der Waals surface area contributed by atoms with E-state index in [1.54, 1.807) is 6.20 Å². The van der Waals surface area contributed by atoms with Gasteiger partial charge in [0.05, 0.1) is 6.20 Å². The lowest BCUT2D eigenvalue weighted by molar-refractivity contribution is -0.137. The Balaban J connectivity index is 2.10. The number of rotatable bonds is 6. The number of H-pyrrole nitrogens is 1. The molecule has 0 unspecified atom stereocenters. The lowest BCUT2D eigenvalue weighted by Crippen LogP contribution is -2.15. The third-order valence-corrected chi connectivity index (χ3v) is 1.99. The molecule has 1 aromatic rings. The van der Waals surface area contributed by atoms with Crippen LogP contribution in [0.2, 0.25) is 0 Å². The molecule has 78 valence electrons. The highest BCUT2D eigenvalue weighted by Gasteiger charge is 1.99. The molecule has 1 heterocycles. The van der Waals surface area contributed by atoms with Crippen molar-refractivity contribution in [2.75, 3.05) is 6.54 Å². The van der Waals surface area contributed by atoms with E-state index >= 15 is 0 Å². The maximum absolute atomic E-state index is 10.2. The fourth-order valence-corrected chi connectivity index (χ4v) is 1.14. The predicted molar refractivity (Wildman–Crippen MR) is 51.9 cm³/mol. The molecule has 0 aromatic carbocycles. The lowest BCUT2D eigenvalue weighted by atomic mass is 10.2. The molecule has 5 heteroatoms. The van der Waals surface area contributed by atoms with Crippen LogP contribution in [0.3, 0.4) is 0 Å². The summed E-state index contributed by atoms with van der Waals surface area (Å²) in [5, 5.41) is 18.3. The molecule has 14 heavy (non-hydrogen) atoms. The van der Waals surface area contributed by atoms with Crippen LogP contribution in [0.1, 0.15) is 24.1 Å². The molecular formula is C9H15N3O2. The van der Waals surface area contributed by atoms with E-state index in [0.717, 1.165) is 24.3 Å². The Bertz CT molecular complexity index is 296. The zero-order valence-corrected chi connectivity index (χ0v) is 8.21. The highest BCUT2D eigenvalue weighted by atomic mass is 16.4. The molecule has 0 aliphatic rings. The highest BCUT2D eigenvalue weighted by molar-refractivity contribution is 5.66. The van der Waals surface area contributed by atoms with Crippen molar-refractivity contribution in [3.63, 3.8) is 0 Å². The fraction of sp³-hybridized carbons (Fsp3) is 0.556. The Morgan fingerprint density at radius 1 is 1.71 bits per heavy atom. The average molecular weight is 197 g/mol. The summed E-state index contributed by atoms with van der Waals surface area (Å²) in [4.78, 5) is 10.2. The van der Waals surface area contributed by atoms with Crippen molar-refractivity contribution < 1.29 is 9.90 Å². The van der Waals surface area contributed by atoms with Crippen LogP contribution in [0.15, 0.2) is 6.20 Å². The van der Waals surface area contributed by atoms with Crippen LogP contribution < -0.4 is 5.32 Å². The number of hydrogen-bond acceptors (Lipinski definition) is 3. The molecule has 0 spiro atoms. The number of carboxylic acid groups (broad SMARTS) is 1. The van der Waals surface area contributed by atoms with Crippen LogP contribution in [-0.4, -0.2) is 27.8 Å². The van der Waals surface area contributed by atoms with Crippen molar-refractivity contribution in [3.8, 4) is 0 Å². The van der Waals surface area contributed by atoms with Gasteiger partial charge < -0.3 is 10.4 Å². The Labute approximate surface area is 82.5 Å². The van der Waals surface area contributed by atoms with Gasteiger partial charge in [0.15, 0.2) is 0 Å². The molecule has 0 atom stereocenters. The van der Waals surface area contributed by atoms with Crippen LogP contribution >= 0.6 is 0 Å². The Morgan fingerprint density at radius 2 is 2.50 bits per heavy atom. The molecule has 0 aliphatic carbocycles. The third kappa shape index (κ3) is 3.57. The number of carboxylic acids is 1.